The molecular formula is C16H22ClFN2O. The van der Waals surface area contributed by atoms with Gasteiger partial charge in [0, 0.05) is 17.1 Å². The highest BCUT2D eigenvalue weighted by atomic mass is 35.5. The van der Waals surface area contributed by atoms with Crippen LogP contribution in [0.1, 0.15) is 42.5 Å². The number of nitrogens with zero attached hydrogens (tertiary/aromatic N) is 1. The summed E-state index contributed by atoms with van der Waals surface area (Å²) in [6.45, 7) is 0.533. The molecule has 0 unspecified atom stereocenters. The molecule has 1 amide bonds. The lowest BCUT2D eigenvalue weighted by Gasteiger charge is -2.43. The Morgan fingerprint density at radius 3 is 2.62 bits per heavy atom. The third-order valence-corrected chi connectivity index (χ3v) is 4.72. The van der Waals surface area contributed by atoms with Gasteiger partial charge in [0.1, 0.15) is 5.82 Å². The SMILES string of the molecule is CN(C)C1(CNC(=O)c2cc(Cl)ccc2F)CCCCC1. The second-order valence-corrected chi connectivity index (χ2v) is 6.42. The zero-order valence-corrected chi connectivity index (χ0v) is 13.3. The summed E-state index contributed by atoms with van der Waals surface area (Å²) < 4.78 is 13.7. The van der Waals surface area contributed by atoms with Crippen molar-refractivity contribution < 1.29 is 9.18 Å². The van der Waals surface area contributed by atoms with Crippen LogP contribution in [0.25, 0.3) is 0 Å². The molecule has 0 radical (unpaired) electrons. The molecule has 0 saturated heterocycles. The maximum absolute atomic E-state index is 13.7. The van der Waals surface area contributed by atoms with Gasteiger partial charge in [0.15, 0.2) is 0 Å². The summed E-state index contributed by atoms with van der Waals surface area (Å²) in [6.07, 6.45) is 5.68. The van der Waals surface area contributed by atoms with Crippen molar-refractivity contribution in [2.45, 2.75) is 37.6 Å². The van der Waals surface area contributed by atoms with Gasteiger partial charge < -0.3 is 10.2 Å². The van der Waals surface area contributed by atoms with Gasteiger partial charge in [0.25, 0.3) is 5.91 Å². The lowest BCUT2D eigenvalue weighted by molar-refractivity contribution is 0.0797. The summed E-state index contributed by atoms with van der Waals surface area (Å²) in [5.41, 5.74) is -0.0182. The largest absolute Gasteiger partial charge is 0.350 e. The zero-order valence-electron chi connectivity index (χ0n) is 12.6. The van der Waals surface area contributed by atoms with Crippen molar-refractivity contribution in [1.82, 2.24) is 10.2 Å². The minimum Gasteiger partial charge on any atom is -0.350 e. The van der Waals surface area contributed by atoms with E-state index in [-0.39, 0.29) is 11.1 Å². The van der Waals surface area contributed by atoms with Crippen molar-refractivity contribution in [2.75, 3.05) is 20.6 Å². The van der Waals surface area contributed by atoms with Crippen LogP contribution in [0.2, 0.25) is 5.02 Å². The van der Waals surface area contributed by atoms with E-state index in [1.165, 1.54) is 37.5 Å². The summed E-state index contributed by atoms with van der Waals surface area (Å²) in [6, 6.07) is 4.03. The maximum Gasteiger partial charge on any atom is 0.254 e. The molecule has 0 aliphatic heterocycles. The smallest absolute Gasteiger partial charge is 0.254 e. The molecule has 1 aromatic rings. The fraction of sp³-hybridized carbons (Fsp3) is 0.562. The number of likely N-dealkylation sites (N-methyl/N-ethyl adjacent to an activating group) is 1. The fourth-order valence-electron chi connectivity index (χ4n) is 3.00. The fourth-order valence-corrected chi connectivity index (χ4v) is 3.18. The van der Waals surface area contributed by atoms with Crippen LogP contribution in [0, 0.1) is 5.82 Å². The molecule has 1 aromatic carbocycles. The van der Waals surface area contributed by atoms with E-state index in [2.05, 4.69) is 10.2 Å². The Morgan fingerprint density at radius 1 is 1.33 bits per heavy atom. The first-order valence-electron chi connectivity index (χ1n) is 7.35. The molecule has 1 aliphatic carbocycles. The Kier molecular flexibility index (Phi) is 5.22. The summed E-state index contributed by atoms with van der Waals surface area (Å²) in [4.78, 5) is 14.4. The minimum atomic E-state index is -0.542. The van der Waals surface area contributed by atoms with Gasteiger partial charge in [0.05, 0.1) is 5.56 Å². The highest BCUT2D eigenvalue weighted by Crippen LogP contribution is 2.31. The first kappa shape index (κ1) is 16.2. The number of benzene rings is 1. The Morgan fingerprint density at radius 2 is 2.00 bits per heavy atom. The molecule has 3 nitrogen and oxygen atoms in total. The second kappa shape index (κ2) is 6.75. The highest BCUT2D eigenvalue weighted by Gasteiger charge is 2.34. The molecule has 0 atom stereocenters. The van der Waals surface area contributed by atoms with Crippen LogP contribution < -0.4 is 5.32 Å². The Hall–Kier alpha value is -1.13. The number of amides is 1. The monoisotopic (exact) mass is 312 g/mol. The predicted octanol–water partition coefficient (Wildman–Crippen LogP) is 3.47. The molecule has 21 heavy (non-hydrogen) atoms. The van der Waals surface area contributed by atoms with E-state index in [1.807, 2.05) is 14.1 Å². The van der Waals surface area contributed by atoms with E-state index < -0.39 is 11.7 Å². The molecule has 1 fully saturated rings. The second-order valence-electron chi connectivity index (χ2n) is 5.99. The molecule has 0 aromatic heterocycles. The number of halogens is 2. The summed E-state index contributed by atoms with van der Waals surface area (Å²) in [5.74, 6) is -0.943. The number of rotatable bonds is 4. The lowest BCUT2D eigenvalue weighted by Crippen LogP contribution is -2.53. The molecule has 0 heterocycles. The van der Waals surface area contributed by atoms with Gasteiger partial charge in [-0.05, 0) is 45.1 Å². The lowest BCUT2D eigenvalue weighted by atomic mass is 9.80. The zero-order chi connectivity index (χ0) is 15.5. The van der Waals surface area contributed by atoms with Gasteiger partial charge in [-0.3, -0.25) is 4.79 Å². The molecule has 1 aliphatic rings. The summed E-state index contributed by atoms with van der Waals surface area (Å²) in [5, 5.41) is 3.24. The Labute approximate surface area is 130 Å². The quantitative estimate of drug-likeness (QED) is 0.923. The van der Waals surface area contributed by atoms with Crippen molar-refractivity contribution in [1.29, 1.82) is 0 Å². The number of hydrogen-bond acceptors (Lipinski definition) is 2. The van der Waals surface area contributed by atoms with Crippen LogP contribution in [-0.4, -0.2) is 37.0 Å². The van der Waals surface area contributed by atoms with Crippen molar-refractivity contribution in [3.05, 3.63) is 34.6 Å². The molecule has 1 N–H and O–H groups in total. The van der Waals surface area contributed by atoms with Crippen molar-refractivity contribution >= 4 is 17.5 Å². The van der Waals surface area contributed by atoms with Gasteiger partial charge in [-0.15, -0.1) is 0 Å². The van der Waals surface area contributed by atoms with Crippen LogP contribution in [-0.2, 0) is 0 Å². The minimum absolute atomic E-state index is 0.00668. The molecule has 1 saturated carbocycles. The first-order chi connectivity index (χ1) is 9.94. The molecular weight excluding hydrogens is 291 g/mol. The molecule has 116 valence electrons. The number of nitrogens with one attached hydrogen (secondary N) is 1. The van der Waals surface area contributed by atoms with Crippen molar-refractivity contribution in [3.8, 4) is 0 Å². The van der Waals surface area contributed by atoms with E-state index in [0.717, 1.165) is 12.8 Å². The summed E-state index contributed by atoms with van der Waals surface area (Å²) >= 11 is 5.83. The van der Waals surface area contributed by atoms with Crippen LogP contribution in [0.4, 0.5) is 4.39 Å². The topological polar surface area (TPSA) is 32.3 Å². The van der Waals surface area contributed by atoms with E-state index in [9.17, 15) is 9.18 Å². The van der Waals surface area contributed by atoms with Gasteiger partial charge in [-0.1, -0.05) is 30.9 Å². The standard InChI is InChI=1S/C16H22ClFN2O/c1-20(2)16(8-4-3-5-9-16)11-19-15(21)13-10-12(17)6-7-14(13)18/h6-7,10H,3-5,8-9,11H2,1-2H3,(H,19,21). The van der Waals surface area contributed by atoms with Crippen LogP contribution in [0.5, 0.6) is 0 Å². The van der Waals surface area contributed by atoms with Crippen LogP contribution in [0.15, 0.2) is 18.2 Å². The molecule has 0 bridgehead atoms. The van der Waals surface area contributed by atoms with Gasteiger partial charge in [-0.2, -0.15) is 0 Å². The van der Waals surface area contributed by atoms with Gasteiger partial charge in [-0.25, -0.2) is 4.39 Å². The van der Waals surface area contributed by atoms with Crippen molar-refractivity contribution in [3.63, 3.8) is 0 Å². The van der Waals surface area contributed by atoms with E-state index in [0.29, 0.717) is 11.6 Å². The average molecular weight is 313 g/mol. The highest BCUT2D eigenvalue weighted by molar-refractivity contribution is 6.31. The first-order valence-corrected chi connectivity index (χ1v) is 7.73. The molecule has 2 rings (SSSR count). The van der Waals surface area contributed by atoms with Crippen LogP contribution >= 0.6 is 11.6 Å². The van der Waals surface area contributed by atoms with Gasteiger partial charge >= 0.3 is 0 Å². The average Bonchev–Trinajstić information content (AvgIpc) is 2.48. The van der Waals surface area contributed by atoms with E-state index in [1.54, 1.807) is 0 Å². The van der Waals surface area contributed by atoms with Crippen LogP contribution in [0.3, 0.4) is 0 Å². The third-order valence-electron chi connectivity index (χ3n) is 4.48. The van der Waals surface area contributed by atoms with Gasteiger partial charge in [0.2, 0.25) is 0 Å². The number of carbonyl (C=O) groups is 1. The predicted molar refractivity (Wildman–Crippen MR) is 83.2 cm³/mol. The number of hydrogen-bond donors (Lipinski definition) is 1. The third kappa shape index (κ3) is 3.74. The maximum atomic E-state index is 13.7. The normalized spacial score (nSPS) is 17.8. The van der Waals surface area contributed by atoms with Crippen molar-refractivity contribution in [2.24, 2.45) is 0 Å². The molecule has 0 spiro atoms. The molecule has 5 heteroatoms. The van der Waals surface area contributed by atoms with E-state index >= 15 is 0 Å². The van der Waals surface area contributed by atoms with E-state index in [4.69, 9.17) is 11.6 Å². The Bertz CT molecular complexity index is 513. The number of carbonyl (C=O) groups excluding carboxylic acids is 1. The Balaban J connectivity index is 2.07. The summed E-state index contributed by atoms with van der Waals surface area (Å²) in [7, 11) is 4.08.